The van der Waals surface area contributed by atoms with Crippen molar-refractivity contribution in [1.29, 1.82) is 0 Å². The number of hydrogen-bond donors (Lipinski definition) is 3. The molecule has 0 atom stereocenters. The fourth-order valence-electron chi connectivity index (χ4n) is 3.06. The summed E-state index contributed by atoms with van der Waals surface area (Å²) in [5.74, 6) is 1.39. The van der Waals surface area contributed by atoms with Crippen molar-refractivity contribution in [2.45, 2.75) is 20.8 Å². The molecule has 3 aromatic carbocycles. The predicted octanol–water partition coefficient (Wildman–Crippen LogP) is 6.03. The molecule has 0 aliphatic heterocycles. The molecule has 1 aromatic heterocycles. The molecule has 0 aliphatic rings. The molecule has 1 heterocycles. The van der Waals surface area contributed by atoms with Crippen LogP contribution in [0.2, 0.25) is 0 Å². The third-order valence-electron chi connectivity index (χ3n) is 4.69. The average Bonchev–Trinajstić information content (AvgIpc) is 2.71. The van der Waals surface area contributed by atoms with Crippen LogP contribution < -0.4 is 16.0 Å². The maximum Gasteiger partial charge on any atom is 0.233 e. The Balaban J connectivity index is 1.69. The Kier molecular flexibility index (Phi) is 5.57. The molecule has 0 unspecified atom stereocenters. The number of para-hydroxylation sites is 2. The van der Waals surface area contributed by atoms with Gasteiger partial charge in [0.2, 0.25) is 17.8 Å². The number of benzene rings is 3. The number of anilines is 6. The molecule has 4 aromatic rings. The van der Waals surface area contributed by atoms with Crippen LogP contribution in [0, 0.1) is 20.8 Å². The van der Waals surface area contributed by atoms with Gasteiger partial charge in [0.15, 0.2) is 0 Å². The van der Waals surface area contributed by atoms with Crippen molar-refractivity contribution in [3.05, 3.63) is 89.5 Å². The first-order valence-electron chi connectivity index (χ1n) is 9.82. The van der Waals surface area contributed by atoms with Gasteiger partial charge in [-0.25, -0.2) is 0 Å². The van der Waals surface area contributed by atoms with Crippen LogP contribution >= 0.6 is 0 Å². The second kappa shape index (κ2) is 8.61. The number of aryl methyl sites for hydroxylation is 3. The van der Waals surface area contributed by atoms with Crippen LogP contribution in [0.25, 0.3) is 0 Å². The predicted molar refractivity (Wildman–Crippen MR) is 123 cm³/mol. The molecule has 0 saturated heterocycles. The van der Waals surface area contributed by atoms with Gasteiger partial charge in [-0.3, -0.25) is 0 Å². The van der Waals surface area contributed by atoms with Crippen molar-refractivity contribution < 1.29 is 0 Å². The van der Waals surface area contributed by atoms with Crippen molar-refractivity contribution in [3.63, 3.8) is 0 Å². The minimum absolute atomic E-state index is 0.461. The zero-order valence-corrected chi connectivity index (χ0v) is 17.3. The van der Waals surface area contributed by atoms with E-state index in [0.29, 0.717) is 17.8 Å². The Morgan fingerprint density at radius 2 is 1.03 bits per heavy atom. The van der Waals surface area contributed by atoms with Crippen LogP contribution in [0.1, 0.15) is 16.7 Å². The molecule has 0 fully saturated rings. The lowest BCUT2D eigenvalue weighted by Gasteiger charge is -2.13. The van der Waals surface area contributed by atoms with Crippen molar-refractivity contribution in [1.82, 2.24) is 15.0 Å². The van der Waals surface area contributed by atoms with Crippen LogP contribution in [0.15, 0.2) is 72.8 Å². The molecule has 0 aliphatic carbocycles. The summed E-state index contributed by atoms with van der Waals surface area (Å²) in [5.41, 5.74) is 6.20. The lowest BCUT2D eigenvalue weighted by Crippen LogP contribution is -2.08. The summed E-state index contributed by atoms with van der Waals surface area (Å²) >= 11 is 0. The largest absolute Gasteiger partial charge is 0.324 e. The van der Waals surface area contributed by atoms with Gasteiger partial charge in [0.25, 0.3) is 0 Å². The van der Waals surface area contributed by atoms with E-state index >= 15 is 0 Å². The van der Waals surface area contributed by atoms with Crippen molar-refractivity contribution in [2.75, 3.05) is 16.0 Å². The number of hydrogen-bond acceptors (Lipinski definition) is 6. The fourth-order valence-corrected chi connectivity index (χ4v) is 3.06. The molecule has 0 radical (unpaired) electrons. The van der Waals surface area contributed by atoms with Gasteiger partial charge in [0, 0.05) is 17.1 Å². The van der Waals surface area contributed by atoms with E-state index in [4.69, 9.17) is 0 Å². The molecule has 4 rings (SSSR count). The molecule has 0 spiro atoms. The van der Waals surface area contributed by atoms with E-state index in [1.165, 1.54) is 0 Å². The van der Waals surface area contributed by atoms with E-state index in [-0.39, 0.29) is 0 Å². The normalized spacial score (nSPS) is 10.5. The highest BCUT2D eigenvalue weighted by molar-refractivity contribution is 5.64. The Morgan fingerprint density at radius 1 is 0.533 bits per heavy atom. The SMILES string of the molecule is Cc1cccc(Nc2nc(Nc3ccccc3C)nc(Nc3ccccc3C)n2)c1. The van der Waals surface area contributed by atoms with Crippen LogP contribution in [0.5, 0.6) is 0 Å². The van der Waals surface area contributed by atoms with E-state index < -0.39 is 0 Å². The van der Waals surface area contributed by atoms with Crippen LogP contribution in [0.4, 0.5) is 34.9 Å². The van der Waals surface area contributed by atoms with Crippen molar-refractivity contribution >= 4 is 34.9 Å². The van der Waals surface area contributed by atoms with Crippen molar-refractivity contribution in [3.8, 4) is 0 Å². The Morgan fingerprint density at radius 3 is 1.53 bits per heavy atom. The van der Waals surface area contributed by atoms with E-state index in [0.717, 1.165) is 33.8 Å². The monoisotopic (exact) mass is 396 g/mol. The fraction of sp³-hybridized carbons (Fsp3) is 0.125. The Labute approximate surface area is 176 Å². The van der Waals surface area contributed by atoms with Gasteiger partial charge in [-0.1, -0.05) is 48.5 Å². The summed E-state index contributed by atoms with van der Waals surface area (Å²) in [6, 6.07) is 24.1. The third-order valence-corrected chi connectivity index (χ3v) is 4.69. The van der Waals surface area contributed by atoms with E-state index in [2.05, 4.69) is 43.9 Å². The van der Waals surface area contributed by atoms with Gasteiger partial charge in [0.1, 0.15) is 0 Å². The molecule has 0 saturated carbocycles. The van der Waals surface area contributed by atoms with E-state index in [9.17, 15) is 0 Å². The van der Waals surface area contributed by atoms with Crippen molar-refractivity contribution in [2.24, 2.45) is 0 Å². The minimum Gasteiger partial charge on any atom is -0.324 e. The van der Waals surface area contributed by atoms with Crippen LogP contribution in [-0.2, 0) is 0 Å². The lowest BCUT2D eigenvalue weighted by molar-refractivity contribution is 1.06. The first-order chi connectivity index (χ1) is 14.6. The highest BCUT2D eigenvalue weighted by atomic mass is 15.3. The topological polar surface area (TPSA) is 74.8 Å². The average molecular weight is 396 g/mol. The number of aromatic nitrogens is 3. The molecular formula is C24H24N6. The van der Waals surface area contributed by atoms with Gasteiger partial charge in [0.05, 0.1) is 0 Å². The third kappa shape index (κ3) is 4.72. The number of nitrogens with one attached hydrogen (secondary N) is 3. The summed E-state index contributed by atoms with van der Waals surface area (Å²) < 4.78 is 0. The molecule has 150 valence electrons. The van der Waals surface area contributed by atoms with E-state index in [1.54, 1.807) is 0 Å². The zero-order chi connectivity index (χ0) is 20.9. The molecule has 0 amide bonds. The second-order valence-corrected chi connectivity index (χ2v) is 7.18. The molecular weight excluding hydrogens is 372 g/mol. The summed E-state index contributed by atoms with van der Waals surface area (Å²) in [7, 11) is 0. The first-order valence-corrected chi connectivity index (χ1v) is 9.82. The van der Waals surface area contributed by atoms with Gasteiger partial charge in [-0.2, -0.15) is 15.0 Å². The highest BCUT2D eigenvalue weighted by Gasteiger charge is 2.10. The summed E-state index contributed by atoms with van der Waals surface area (Å²) in [5, 5.41) is 9.90. The smallest absolute Gasteiger partial charge is 0.233 e. The van der Waals surface area contributed by atoms with Gasteiger partial charge >= 0.3 is 0 Å². The zero-order valence-electron chi connectivity index (χ0n) is 17.3. The minimum atomic E-state index is 0.461. The summed E-state index contributed by atoms with van der Waals surface area (Å²) in [6.07, 6.45) is 0. The quantitative estimate of drug-likeness (QED) is 0.370. The van der Waals surface area contributed by atoms with Gasteiger partial charge in [-0.05, 0) is 61.7 Å². The summed E-state index contributed by atoms with van der Waals surface area (Å²) in [4.78, 5) is 13.7. The number of nitrogens with zero attached hydrogens (tertiary/aromatic N) is 3. The van der Waals surface area contributed by atoms with Gasteiger partial charge in [-0.15, -0.1) is 0 Å². The maximum absolute atomic E-state index is 4.58. The molecule has 3 N–H and O–H groups in total. The Hall–Kier alpha value is -3.93. The maximum atomic E-state index is 4.58. The standard InChI is InChI=1S/C24H24N6/c1-16-9-8-12-19(15-16)25-22-28-23(26-20-13-6-4-10-17(20)2)30-24(29-22)27-21-14-7-5-11-18(21)3/h4-15H,1-3H3,(H3,25,26,27,28,29,30). The first kappa shape index (κ1) is 19.4. The second-order valence-electron chi connectivity index (χ2n) is 7.18. The molecule has 0 bridgehead atoms. The number of rotatable bonds is 6. The highest BCUT2D eigenvalue weighted by Crippen LogP contribution is 2.23. The molecule has 6 nitrogen and oxygen atoms in total. The molecule has 6 heteroatoms. The summed E-state index contributed by atoms with van der Waals surface area (Å²) in [6.45, 7) is 6.14. The lowest BCUT2D eigenvalue weighted by atomic mass is 10.2. The van der Waals surface area contributed by atoms with E-state index in [1.807, 2.05) is 80.6 Å². The van der Waals surface area contributed by atoms with Gasteiger partial charge < -0.3 is 16.0 Å². The Bertz CT molecular complexity index is 1110. The van der Waals surface area contributed by atoms with Crippen LogP contribution in [0.3, 0.4) is 0 Å². The molecule has 30 heavy (non-hydrogen) atoms. The van der Waals surface area contributed by atoms with Crippen LogP contribution in [-0.4, -0.2) is 15.0 Å².